The van der Waals surface area contributed by atoms with Gasteiger partial charge in [-0.15, -0.1) is 0 Å². The Balaban J connectivity index is 2.56. The number of fused-ring (bicyclic) bond motifs is 1. The molecule has 62 valence electrons. The number of hydrazine groups is 1. The molecule has 0 spiro atoms. The Kier molecular flexibility index (Phi) is 1.54. The molecule has 2 nitrogen and oxygen atoms in total. The van der Waals surface area contributed by atoms with Gasteiger partial charge in [-0.25, -0.2) is 0 Å². The number of rotatable bonds is 0. The molecular weight excluding hydrogens is 148 g/mol. The number of aryl methyl sites for hydroxylation is 1. The molecule has 0 aliphatic carbocycles. The summed E-state index contributed by atoms with van der Waals surface area (Å²) in [7, 11) is 0. The van der Waals surface area contributed by atoms with Crippen molar-refractivity contribution >= 4 is 11.3 Å². The molecule has 0 unspecified atom stereocenters. The maximum absolute atomic E-state index is 3.11. The predicted molar refractivity (Wildman–Crippen MR) is 51.6 cm³/mol. The van der Waals surface area contributed by atoms with Crippen LogP contribution in [0.4, 0.5) is 5.69 Å². The highest BCUT2D eigenvalue weighted by Gasteiger charge is 2.07. The van der Waals surface area contributed by atoms with Gasteiger partial charge in [-0.3, -0.25) is 0 Å². The Morgan fingerprint density at radius 2 is 2.00 bits per heavy atom. The summed E-state index contributed by atoms with van der Waals surface area (Å²) in [4.78, 5) is 0. The zero-order chi connectivity index (χ0) is 8.55. The molecule has 1 aromatic carbocycles. The Hall–Kier alpha value is -1.44. The van der Waals surface area contributed by atoms with E-state index in [0.29, 0.717) is 0 Å². The first-order valence-electron chi connectivity index (χ1n) is 4.07. The van der Waals surface area contributed by atoms with E-state index < -0.39 is 0 Å². The predicted octanol–water partition coefficient (Wildman–Crippen LogP) is 2.29. The molecular formula is C10H12N2. The number of benzene rings is 1. The standard InChI is InChI=1S/C10H12N2/c1-7-3-4-9-8(2)6-11-12-10(9)5-7/h3-6,11-12H,1-2H3. The van der Waals surface area contributed by atoms with Crippen molar-refractivity contribution in [1.29, 1.82) is 0 Å². The van der Waals surface area contributed by atoms with Crippen LogP contribution in [0.1, 0.15) is 18.1 Å². The van der Waals surface area contributed by atoms with Gasteiger partial charge in [0.1, 0.15) is 0 Å². The molecule has 2 N–H and O–H groups in total. The highest BCUT2D eigenvalue weighted by Crippen LogP contribution is 2.26. The van der Waals surface area contributed by atoms with Crippen molar-refractivity contribution in [1.82, 2.24) is 5.43 Å². The van der Waals surface area contributed by atoms with Crippen LogP contribution in [-0.4, -0.2) is 0 Å². The first kappa shape index (κ1) is 7.22. The van der Waals surface area contributed by atoms with Gasteiger partial charge in [0.2, 0.25) is 0 Å². The molecule has 0 bridgehead atoms. The zero-order valence-electron chi connectivity index (χ0n) is 7.31. The summed E-state index contributed by atoms with van der Waals surface area (Å²) in [5, 5.41) is 0. The maximum Gasteiger partial charge on any atom is 0.0617 e. The largest absolute Gasteiger partial charge is 0.308 e. The van der Waals surface area contributed by atoms with Gasteiger partial charge >= 0.3 is 0 Å². The molecule has 0 amide bonds. The van der Waals surface area contributed by atoms with Gasteiger partial charge in [-0.2, -0.15) is 0 Å². The Morgan fingerprint density at radius 3 is 2.83 bits per heavy atom. The van der Waals surface area contributed by atoms with E-state index in [-0.39, 0.29) is 0 Å². The highest BCUT2D eigenvalue weighted by molar-refractivity contribution is 5.77. The van der Waals surface area contributed by atoms with Crippen LogP contribution in [-0.2, 0) is 0 Å². The van der Waals surface area contributed by atoms with Crippen molar-refractivity contribution < 1.29 is 0 Å². The van der Waals surface area contributed by atoms with Crippen molar-refractivity contribution in [3.8, 4) is 0 Å². The van der Waals surface area contributed by atoms with Crippen LogP contribution in [0.5, 0.6) is 0 Å². The van der Waals surface area contributed by atoms with Crippen molar-refractivity contribution in [2.75, 3.05) is 5.43 Å². The average Bonchev–Trinajstić information content (AvgIpc) is 2.04. The maximum atomic E-state index is 3.11. The van der Waals surface area contributed by atoms with Crippen LogP contribution in [0.2, 0.25) is 0 Å². The first-order valence-corrected chi connectivity index (χ1v) is 4.07. The number of hydrogen-bond acceptors (Lipinski definition) is 2. The second-order valence-corrected chi connectivity index (χ2v) is 3.15. The lowest BCUT2D eigenvalue weighted by Crippen LogP contribution is -2.19. The van der Waals surface area contributed by atoms with Gasteiger partial charge in [0.05, 0.1) is 5.69 Å². The second kappa shape index (κ2) is 2.55. The number of hydrogen-bond donors (Lipinski definition) is 2. The molecule has 12 heavy (non-hydrogen) atoms. The first-order chi connectivity index (χ1) is 5.77. The van der Waals surface area contributed by atoms with E-state index in [0.717, 1.165) is 5.69 Å². The van der Waals surface area contributed by atoms with Crippen molar-refractivity contribution in [3.63, 3.8) is 0 Å². The molecule has 0 radical (unpaired) electrons. The Bertz CT molecular complexity index is 340. The molecule has 0 atom stereocenters. The molecule has 1 aromatic rings. The molecule has 2 heteroatoms. The Morgan fingerprint density at radius 1 is 1.17 bits per heavy atom. The molecule has 1 heterocycles. The fraction of sp³-hybridized carbons (Fsp3) is 0.200. The molecule has 0 aromatic heterocycles. The van der Waals surface area contributed by atoms with Gasteiger partial charge in [0, 0.05) is 11.8 Å². The van der Waals surface area contributed by atoms with Crippen LogP contribution < -0.4 is 10.9 Å². The summed E-state index contributed by atoms with van der Waals surface area (Å²) in [5.41, 5.74) is 11.1. The number of nitrogens with one attached hydrogen (secondary N) is 2. The minimum atomic E-state index is 1.16. The number of anilines is 1. The smallest absolute Gasteiger partial charge is 0.0617 e. The number of allylic oxidation sites excluding steroid dienone is 1. The second-order valence-electron chi connectivity index (χ2n) is 3.15. The van der Waals surface area contributed by atoms with Crippen LogP contribution in [0.3, 0.4) is 0 Å². The summed E-state index contributed by atoms with van der Waals surface area (Å²) in [6.45, 7) is 4.19. The lowest BCUT2D eigenvalue weighted by molar-refractivity contribution is 1.03. The van der Waals surface area contributed by atoms with Crippen LogP contribution in [0.25, 0.3) is 5.57 Å². The third-order valence-electron chi connectivity index (χ3n) is 2.10. The van der Waals surface area contributed by atoms with Gasteiger partial charge in [0.15, 0.2) is 0 Å². The monoisotopic (exact) mass is 160 g/mol. The molecule has 2 rings (SSSR count). The van der Waals surface area contributed by atoms with E-state index in [1.54, 1.807) is 0 Å². The minimum Gasteiger partial charge on any atom is -0.308 e. The zero-order valence-corrected chi connectivity index (χ0v) is 7.31. The van der Waals surface area contributed by atoms with Gasteiger partial charge in [-0.1, -0.05) is 12.1 Å². The third-order valence-corrected chi connectivity index (χ3v) is 2.10. The molecule has 0 saturated carbocycles. The van der Waals surface area contributed by atoms with Gasteiger partial charge in [-0.05, 0) is 31.1 Å². The highest BCUT2D eigenvalue weighted by atomic mass is 15.3. The van der Waals surface area contributed by atoms with E-state index in [4.69, 9.17) is 0 Å². The normalized spacial score (nSPS) is 14.0. The summed E-state index contributed by atoms with van der Waals surface area (Å²) in [5.74, 6) is 0. The van der Waals surface area contributed by atoms with E-state index in [9.17, 15) is 0 Å². The summed E-state index contributed by atoms with van der Waals surface area (Å²) in [6.07, 6.45) is 1.97. The van der Waals surface area contributed by atoms with E-state index in [1.165, 1.54) is 16.7 Å². The SMILES string of the molecule is CC1=CNNc2cc(C)ccc21. The minimum absolute atomic E-state index is 1.16. The van der Waals surface area contributed by atoms with Crippen molar-refractivity contribution in [3.05, 3.63) is 35.5 Å². The van der Waals surface area contributed by atoms with Crippen molar-refractivity contribution in [2.45, 2.75) is 13.8 Å². The van der Waals surface area contributed by atoms with Crippen LogP contribution >= 0.6 is 0 Å². The van der Waals surface area contributed by atoms with Gasteiger partial charge < -0.3 is 10.9 Å². The summed E-state index contributed by atoms with van der Waals surface area (Å²) in [6, 6.07) is 6.41. The summed E-state index contributed by atoms with van der Waals surface area (Å²) < 4.78 is 0. The molecule has 0 saturated heterocycles. The van der Waals surface area contributed by atoms with E-state index in [1.807, 2.05) is 6.20 Å². The Labute approximate surface area is 72.3 Å². The fourth-order valence-electron chi connectivity index (χ4n) is 1.41. The summed E-state index contributed by atoms with van der Waals surface area (Å²) >= 11 is 0. The quantitative estimate of drug-likeness (QED) is 0.608. The van der Waals surface area contributed by atoms with E-state index in [2.05, 4.69) is 42.9 Å². The third kappa shape index (κ3) is 1.05. The molecule has 1 aliphatic rings. The lowest BCUT2D eigenvalue weighted by atomic mass is 10.0. The topological polar surface area (TPSA) is 24.1 Å². The lowest BCUT2D eigenvalue weighted by Gasteiger charge is -2.18. The fourth-order valence-corrected chi connectivity index (χ4v) is 1.41. The van der Waals surface area contributed by atoms with Crippen LogP contribution in [0, 0.1) is 6.92 Å². The molecule has 0 fully saturated rings. The van der Waals surface area contributed by atoms with Crippen molar-refractivity contribution in [2.24, 2.45) is 0 Å². The molecule has 1 aliphatic heterocycles. The van der Waals surface area contributed by atoms with E-state index >= 15 is 0 Å². The van der Waals surface area contributed by atoms with Crippen LogP contribution in [0.15, 0.2) is 24.4 Å². The average molecular weight is 160 g/mol. The van der Waals surface area contributed by atoms with Gasteiger partial charge in [0.25, 0.3) is 0 Å².